The maximum Gasteiger partial charge on any atom is 0.316 e. The fourth-order valence-electron chi connectivity index (χ4n) is 2.54. The van der Waals surface area contributed by atoms with Gasteiger partial charge >= 0.3 is 6.03 Å². The lowest BCUT2D eigenvalue weighted by atomic mass is 10.1. The van der Waals surface area contributed by atoms with Gasteiger partial charge in [0.2, 0.25) is 5.71 Å². The van der Waals surface area contributed by atoms with Gasteiger partial charge in [0.25, 0.3) is 0 Å². The molecule has 0 atom stereocenters. The molecule has 0 aliphatic heterocycles. The van der Waals surface area contributed by atoms with Gasteiger partial charge in [0, 0.05) is 12.2 Å². The van der Waals surface area contributed by atoms with Crippen molar-refractivity contribution in [1.82, 2.24) is 15.1 Å². The molecule has 8 N–H and O–H groups in total. The predicted octanol–water partition coefficient (Wildman–Crippen LogP) is -1.91. The van der Waals surface area contributed by atoms with Crippen molar-refractivity contribution in [2.24, 2.45) is 10.7 Å². The van der Waals surface area contributed by atoms with E-state index >= 15 is 0 Å². The van der Waals surface area contributed by atoms with Gasteiger partial charge in [-0.25, -0.2) is 19.0 Å². The molecule has 146 valence electrons. The minimum absolute atomic E-state index is 0.0920. The van der Waals surface area contributed by atoms with Crippen molar-refractivity contribution in [3.63, 3.8) is 0 Å². The Kier molecular flexibility index (Phi) is 7.23. The topological polar surface area (TPSA) is 175 Å². The van der Waals surface area contributed by atoms with Crippen LogP contribution >= 0.6 is 0 Å². The SMILES string of the molecule is NC(=O)NC1=CC(=[N+](CCO)CCO)C=CC1=Nc1cnn(CCO)c1N. The molecule has 1 aliphatic carbocycles. The van der Waals surface area contributed by atoms with Gasteiger partial charge in [0.1, 0.15) is 24.7 Å². The molecule has 0 radical (unpaired) electrons. The first-order valence-electron chi connectivity index (χ1n) is 8.31. The normalized spacial score (nSPS) is 15.1. The monoisotopic (exact) mass is 378 g/mol. The fourth-order valence-corrected chi connectivity index (χ4v) is 2.54. The van der Waals surface area contributed by atoms with E-state index in [1.807, 2.05) is 0 Å². The molecule has 11 nitrogen and oxygen atoms in total. The van der Waals surface area contributed by atoms with Crippen LogP contribution in [-0.2, 0) is 6.54 Å². The number of nitrogen functional groups attached to an aromatic ring is 1. The minimum Gasteiger partial charge on any atom is -0.394 e. The summed E-state index contributed by atoms with van der Waals surface area (Å²) in [5.74, 6) is 0.278. The summed E-state index contributed by atoms with van der Waals surface area (Å²) in [6.45, 7) is 0.572. The second-order valence-electron chi connectivity index (χ2n) is 5.60. The Morgan fingerprint density at radius 3 is 2.52 bits per heavy atom. The van der Waals surface area contributed by atoms with Gasteiger partial charge in [0.15, 0.2) is 13.1 Å². The smallest absolute Gasteiger partial charge is 0.316 e. The zero-order chi connectivity index (χ0) is 19.8. The van der Waals surface area contributed by atoms with Crippen LogP contribution in [-0.4, -0.2) is 80.0 Å². The van der Waals surface area contributed by atoms with Crippen LogP contribution in [0.2, 0.25) is 0 Å². The lowest BCUT2D eigenvalue weighted by molar-refractivity contribution is -0.530. The molecule has 0 unspecified atom stereocenters. The maximum absolute atomic E-state index is 11.4. The number of amides is 2. The van der Waals surface area contributed by atoms with Crippen molar-refractivity contribution >= 4 is 29.0 Å². The van der Waals surface area contributed by atoms with Crippen LogP contribution in [0.4, 0.5) is 16.3 Å². The van der Waals surface area contributed by atoms with Crippen molar-refractivity contribution in [2.75, 3.05) is 38.6 Å². The van der Waals surface area contributed by atoms with Gasteiger partial charge in [-0.3, -0.25) is 0 Å². The predicted molar refractivity (Wildman–Crippen MR) is 99.9 cm³/mol. The molecule has 0 spiro atoms. The largest absolute Gasteiger partial charge is 0.394 e. The van der Waals surface area contributed by atoms with E-state index in [0.29, 0.717) is 35.9 Å². The lowest BCUT2D eigenvalue weighted by Gasteiger charge is -2.13. The number of nitrogens with one attached hydrogen (secondary N) is 1. The van der Waals surface area contributed by atoms with Crippen LogP contribution in [0.3, 0.4) is 0 Å². The van der Waals surface area contributed by atoms with Crippen LogP contribution in [0.25, 0.3) is 0 Å². The Morgan fingerprint density at radius 1 is 1.22 bits per heavy atom. The molecule has 0 fully saturated rings. The highest BCUT2D eigenvalue weighted by Gasteiger charge is 2.19. The molecule has 1 aromatic rings. The number of primary amides is 1. The maximum atomic E-state index is 11.4. The number of aliphatic imine (C=N–C) groups is 1. The Labute approximate surface area is 155 Å². The second-order valence-corrected chi connectivity index (χ2v) is 5.60. The number of nitrogens with zero attached hydrogens (tertiary/aromatic N) is 4. The van der Waals surface area contributed by atoms with Crippen LogP contribution in [0, 0.1) is 0 Å². The summed E-state index contributed by atoms with van der Waals surface area (Å²) in [5.41, 5.74) is 13.0. The number of carbonyl (C=O) groups excluding carboxylic acids is 1. The van der Waals surface area contributed by atoms with Crippen molar-refractivity contribution < 1.29 is 24.7 Å². The van der Waals surface area contributed by atoms with E-state index in [1.54, 1.807) is 22.8 Å². The molecule has 11 heteroatoms. The van der Waals surface area contributed by atoms with E-state index < -0.39 is 6.03 Å². The lowest BCUT2D eigenvalue weighted by Crippen LogP contribution is -2.35. The number of hydrogen-bond donors (Lipinski definition) is 6. The van der Waals surface area contributed by atoms with Crippen LogP contribution in [0.5, 0.6) is 0 Å². The van der Waals surface area contributed by atoms with E-state index in [-0.39, 0.29) is 32.2 Å². The summed E-state index contributed by atoms with van der Waals surface area (Å²) in [4.78, 5) is 15.8. The summed E-state index contributed by atoms with van der Waals surface area (Å²) in [5, 5.41) is 34.0. The minimum atomic E-state index is -0.761. The van der Waals surface area contributed by atoms with Crippen LogP contribution in [0.1, 0.15) is 0 Å². The summed E-state index contributed by atoms with van der Waals surface area (Å²) >= 11 is 0. The van der Waals surface area contributed by atoms with Gasteiger partial charge in [-0.2, -0.15) is 5.10 Å². The first-order chi connectivity index (χ1) is 13.0. The highest BCUT2D eigenvalue weighted by molar-refractivity contribution is 6.21. The second kappa shape index (κ2) is 9.62. The first kappa shape index (κ1) is 20.3. The molecular formula is C16H24N7O4+. The molecule has 0 saturated heterocycles. The van der Waals surface area contributed by atoms with Crippen molar-refractivity contribution in [2.45, 2.75) is 6.54 Å². The number of carbonyl (C=O) groups is 1. The molecule has 0 bridgehead atoms. The van der Waals surface area contributed by atoms with Gasteiger partial charge in [0.05, 0.1) is 30.8 Å². The van der Waals surface area contributed by atoms with E-state index in [0.717, 1.165) is 0 Å². The van der Waals surface area contributed by atoms with Crippen molar-refractivity contribution in [3.05, 3.63) is 30.1 Å². The van der Waals surface area contributed by atoms with Gasteiger partial charge in [-0.1, -0.05) is 0 Å². The zero-order valence-electron chi connectivity index (χ0n) is 14.7. The Hall–Kier alpha value is -3.02. The molecule has 1 aromatic heterocycles. The van der Waals surface area contributed by atoms with Gasteiger partial charge < -0.3 is 32.1 Å². The molecule has 1 aliphatic rings. The Morgan fingerprint density at radius 2 is 1.93 bits per heavy atom. The number of nitrogens with two attached hydrogens (primary N) is 2. The molecule has 2 rings (SSSR count). The highest BCUT2D eigenvalue weighted by Crippen LogP contribution is 2.23. The molecule has 27 heavy (non-hydrogen) atoms. The number of urea groups is 1. The summed E-state index contributed by atoms with van der Waals surface area (Å²) < 4.78 is 3.17. The third-order valence-corrected chi connectivity index (χ3v) is 3.76. The molecule has 2 amide bonds. The quantitative estimate of drug-likeness (QED) is 0.227. The van der Waals surface area contributed by atoms with E-state index in [4.69, 9.17) is 16.6 Å². The Bertz CT molecular complexity index is 800. The molecule has 1 heterocycles. The summed E-state index contributed by atoms with van der Waals surface area (Å²) in [6, 6.07) is -0.761. The van der Waals surface area contributed by atoms with Crippen molar-refractivity contribution in [1.29, 1.82) is 0 Å². The van der Waals surface area contributed by atoms with Crippen LogP contribution < -0.4 is 16.8 Å². The van der Waals surface area contributed by atoms with E-state index in [2.05, 4.69) is 15.4 Å². The van der Waals surface area contributed by atoms with Crippen molar-refractivity contribution in [3.8, 4) is 0 Å². The zero-order valence-corrected chi connectivity index (χ0v) is 14.7. The number of aliphatic hydroxyl groups excluding tert-OH is 3. The number of allylic oxidation sites excluding steroid dienone is 3. The third kappa shape index (κ3) is 5.23. The van der Waals surface area contributed by atoms with E-state index in [1.165, 1.54) is 10.9 Å². The number of rotatable bonds is 8. The first-order valence-corrected chi connectivity index (χ1v) is 8.31. The Balaban J connectivity index is 2.43. The average molecular weight is 378 g/mol. The van der Waals surface area contributed by atoms with Gasteiger partial charge in [-0.05, 0) is 6.08 Å². The number of anilines is 1. The molecular weight excluding hydrogens is 354 g/mol. The highest BCUT2D eigenvalue weighted by atomic mass is 16.3. The molecule has 0 saturated carbocycles. The number of aromatic nitrogens is 2. The fraction of sp³-hybridized carbons (Fsp3) is 0.375. The van der Waals surface area contributed by atoms with Gasteiger partial charge in [-0.15, -0.1) is 0 Å². The number of hydrogen-bond acceptors (Lipinski definition) is 7. The molecule has 0 aromatic carbocycles. The summed E-state index contributed by atoms with van der Waals surface area (Å²) in [7, 11) is 0. The average Bonchev–Trinajstić information content (AvgIpc) is 2.96. The standard InChI is InChI=1S/C16H23N7O4/c17-15-14(10-19-23(15)5-8-26)20-12-2-1-11(9-13(12)21-16(18)27)22(3-6-24)4-7-25/h1-2,9-10,24-26H,3-8H2,(H4,17,18,19,21,27)/p+1. The summed E-state index contributed by atoms with van der Waals surface area (Å²) in [6.07, 6.45) is 6.50. The van der Waals surface area contributed by atoms with Crippen LogP contribution in [0.15, 0.2) is 35.1 Å². The third-order valence-electron chi connectivity index (χ3n) is 3.76. The van der Waals surface area contributed by atoms with E-state index in [9.17, 15) is 15.0 Å². The number of aliphatic hydroxyl groups is 3.